The van der Waals surface area contributed by atoms with E-state index in [1.165, 1.54) is 0 Å². The van der Waals surface area contributed by atoms with Crippen molar-refractivity contribution in [2.24, 2.45) is 5.73 Å². The molecule has 0 aliphatic heterocycles. The first-order chi connectivity index (χ1) is 7.19. The zero-order valence-corrected chi connectivity index (χ0v) is 9.20. The van der Waals surface area contributed by atoms with Gasteiger partial charge in [-0.15, -0.1) is 0 Å². The number of rotatable bonds is 5. The maximum absolute atomic E-state index is 7.30. The molecule has 0 aliphatic rings. The summed E-state index contributed by atoms with van der Waals surface area (Å²) in [6.07, 6.45) is 2.68. The Balaban J connectivity index is 2.92. The monoisotopic (exact) mass is 207 g/mol. The van der Waals surface area contributed by atoms with E-state index >= 15 is 0 Å². The van der Waals surface area contributed by atoms with Gasteiger partial charge in [-0.05, 0) is 19.4 Å². The molecular formula is C10H17N5. The van der Waals surface area contributed by atoms with Crippen LogP contribution in [0.2, 0.25) is 0 Å². The number of nitrogens with two attached hydrogens (primary N) is 1. The van der Waals surface area contributed by atoms with Gasteiger partial charge in [-0.1, -0.05) is 6.92 Å². The minimum atomic E-state index is -0.0220. The van der Waals surface area contributed by atoms with Gasteiger partial charge in [0, 0.05) is 19.3 Å². The van der Waals surface area contributed by atoms with Gasteiger partial charge in [-0.2, -0.15) is 0 Å². The summed E-state index contributed by atoms with van der Waals surface area (Å²) in [5, 5.41) is 7.30. The fourth-order valence-electron chi connectivity index (χ4n) is 1.32. The molecule has 1 aromatic heterocycles. The highest BCUT2D eigenvalue weighted by atomic mass is 15.2. The maximum Gasteiger partial charge on any atom is 0.225 e. The van der Waals surface area contributed by atoms with Crippen LogP contribution < -0.4 is 10.6 Å². The molecule has 0 radical (unpaired) electrons. The summed E-state index contributed by atoms with van der Waals surface area (Å²) in [5.41, 5.74) is 5.85. The Kier molecular flexibility index (Phi) is 4.03. The number of aromatic nitrogens is 2. The fourth-order valence-corrected chi connectivity index (χ4v) is 1.32. The second-order valence-electron chi connectivity index (χ2n) is 3.24. The minimum absolute atomic E-state index is 0.0220. The van der Waals surface area contributed by atoms with Gasteiger partial charge in [0.1, 0.15) is 11.5 Å². The summed E-state index contributed by atoms with van der Waals surface area (Å²) >= 11 is 0. The lowest BCUT2D eigenvalue weighted by Gasteiger charge is -2.19. The number of nitrogens with one attached hydrogen (secondary N) is 1. The van der Waals surface area contributed by atoms with Gasteiger partial charge in [-0.3, -0.25) is 5.41 Å². The van der Waals surface area contributed by atoms with Gasteiger partial charge in [0.2, 0.25) is 5.95 Å². The summed E-state index contributed by atoms with van der Waals surface area (Å²) in [6, 6.07) is 1.64. The molecule has 0 bridgehead atoms. The van der Waals surface area contributed by atoms with Crippen LogP contribution in [-0.2, 0) is 0 Å². The molecule has 0 unspecified atom stereocenters. The largest absolute Gasteiger partial charge is 0.382 e. The lowest BCUT2D eigenvalue weighted by Crippen LogP contribution is -2.26. The number of anilines is 1. The van der Waals surface area contributed by atoms with E-state index in [0.717, 1.165) is 19.5 Å². The van der Waals surface area contributed by atoms with Crippen molar-refractivity contribution >= 4 is 11.8 Å². The zero-order valence-electron chi connectivity index (χ0n) is 9.20. The van der Waals surface area contributed by atoms with Crippen LogP contribution >= 0.6 is 0 Å². The first-order valence-corrected chi connectivity index (χ1v) is 5.11. The SMILES string of the molecule is CCCN(CC)c1nccc(C(=N)N)n1. The van der Waals surface area contributed by atoms with Gasteiger partial charge < -0.3 is 10.6 Å². The van der Waals surface area contributed by atoms with E-state index in [1.54, 1.807) is 12.3 Å². The van der Waals surface area contributed by atoms with Crippen LogP contribution in [0.1, 0.15) is 26.0 Å². The Morgan fingerprint density at radius 1 is 1.53 bits per heavy atom. The predicted octanol–water partition coefficient (Wildman–Crippen LogP) is 0.997. The van der Waals surface area contributed by atoms with Crippen molar-refractivity contribution in [1.82, 2.24) is 9.97 Å². The highest BCUT2D eigenvalue weighted by Crippen LogP contribution is 2.07. The maximum atomic E-state index is 7.30. The molecule has 0 atom stereocenters. The third-order valence-corrected chi connectivity index (χ3v) is 2.08. The summed E-state index contributed by atoms with van der Waals surface area (Å²) in [5.74, 6) is 0.623. The smallest absolute Gasteiger partial charge is 0.225 e. The molecule has 82 valence electrons. The molecule has 5 heteroatoms. The first kappa shape index (κ1) is 11.4. The zero-order chi connectivity index (χ0) is 11.3. The van der Waals surface area contributed by atoms with E-state index in [2.05, 4.69) is 28.7 Å². The highest BCUT2D eigenvalue weighted by molar-refractivity contribution is 5.93. The van der Waals surface area contributed by atoms with Crippen LogP contribution in [0.15, 0.2) is 12.3 Å². The van der Waals surface area contributed by atoms with Crippen LogP contribution in [0.4, 0.5) is 5.95 Å². The molecule has 0 aliphatic carbocycles. The molecule has 5 nitrogen and oxygen atoms in total. The molecule has 0 fully saturated rings. The molecule has 0 spiro atoms. The van der Waals surface area contributed by atoms with E-state index in [4.69, 9.17) is 11.1 Å². The molecule has 1 heterocycles. The summed E-state index contributed by atoms with van der Waals surface area (Å²) in [7, 11) is 0. The Morgan fingerprint density at radius 2 is 2.27 bits per heavy atom. The minimum Gasteiger partial charge on any atom is -0.382 e. The molecule has 0 saturated carbocycles. The van der Waals surface area contributed by atoms with Crippen LogP contribution in [0.3, 0.4) is 0 Å². The lowest BCUT2D eigenvalue weighted by molar-refractivity contribution is 0.761. The number of hydrogen-bond donors (Lipinski definition) is 2. The topological polar surface area (TPSA) is 78.9 Å². The summed E-state index contributed by atoms with van der Waals surface area (Å²) < 4.78 is 0. The van der Waals surface area contributed by atoms with Crippen molar-refractivity contribution < 1.29 is 0 Å². The van der Waals surface area contributed by atoms with Crippen molar-refractivity contribution in [3.63, 3.8) is 0 Å². The quantitative estimate of drug-likeness (QED) is 0.557. The van der Waals surface area contributed by atoms with E-state index in [-0.39, 0.29) is 5.84 Å². The Bertz CT molecular complexity index is 336. The molecule has 0 amide bonds. The first-order valence-electron chi connectivity index (χ1n) is 5.11. The average Bonchev–Trinajstić information content (AvgIpc) is 2.26. The van der Waals surface area contributed by atoms with Gasteiger partial charge in [0.25, 0.3) is 0 Å². The van der Waals surface area contributed by atoms with Crippen molar-refractivity contribution in [3.8, 4) is 0 Å². The lowest BCUT2D eigenvalue weighted by atomic mass is 10.4. The standard InChI is InChI=1S/C10H17N5/c1-3-7-15(4-2)10-13-6-5-8(14-10)9(11)12/h5-6H,3-4,7H2,1-2H3,(H3,11,12). The Hall–Kier alpha value is -1.65. The highest BCUT2D eigenvalue weighted by Gasteiger charge is 2.07. The van der Waals surface area contributed by atoms with E-state index in [1.807, 2.05) is 0 Å². The van der Waals surface area contributed by atoms with Crippen LogP contribution in [0.5, 0.6) is 0 Å². The van der Waals surface area contributed by atoms with Gasteiger partial charge in [0.15, 0.2) is 0 Å². The average molecular weight is 207 g/mol. The summed E-state index contributed by atoms with van der Waals surface area (Å²) in [4.78, 5) is 10.5. The van der Waals surface area contributed by atoms with Crippen molar-refractivity contribution in [2.75, 3.05) is 18.0 Å². The Labute approximate surface area is 89.8 Å². The molecule has 1 rings (SSSR count). The number of nitrogen functional groups attached to an aromatic ring is 1. The molecular weight excluding hydrogens is 190 g/mol. The summed E-state index contributed by atoms with van der Waals surface area (Å²) in [6.45, 7) is 5.93. The fraction of sp³-hybridized carbons (Fsp3) is 0.500. The van der Waals surface area contributed by atoms with E-state index in [0.29, 0.717) is 11.6 Å². The third kappa shape index (κ3) is 2.90. The van der Waals surface area contributed by atoms with Crippen molar-refractivity contribution in [2.45, 2.75) is 20.3 Å². The second kappa shape index (κ2) is 5.29. The number of nitrogens with zero attached hydrogens (tertiary/aromatic N) is 3. The number of amidine groups is 1. The molecule has 0 saturated heterocycles. The molecule has 3 N–H and O–H groups in total. The second-order valence-corrected chi connectivity index (χ2v) is 3.24. The van der Waals surface area contributed by atoms with E-state index < -0.39 is 0 Å². The van der Waals surface area contributed by atoms with Gasteiger partial charge in [0.05, 0.1) is 0 Å². The third-order valence-electron chi connectivity index (χ3n) is 2.08. The van der Waals surface area contributed by atoms with Crippen LogP contribution in [-0.4, -0.2) is 28.9 Å². The van der Waals surface area contributed by atoms with Gasteiger partial charge >= 0.3 is 0 Å². The molecule has 0 aromatic carbocycles. The van der Waals surface area contributed by atoms with Crippen molar-refractivity contribution in [3.05, 3.63) is 18.0 Å². The molecule has 1 aromatic rings. The van der Waals surface area contributed by atoms with E-state index in [9.17, 15) is 0 Å². The normalized spacial score (nSPS) is 10.0. The van der Waals surface area contributed by atoms with Crippen molar-refractivity contribution in [1.29, 1.82) is 5.41 Å². The Morgan fingerprint density at radius 3 is 2.80 bits per heavy atom. The molecule has 15 heavy (non-hydrogen) atoms. The van der Waals surface area contributed by atoms with Crippen LogP contribution in [0.25, 0.3) is 0 Å². The predicted molar refractivity (Wildman–Crippen MR) is 61.2 cm³/mol. The van der Waals surface area contributed by atoms with Crippen LogP contribution in [0, 0.1) is 5.41 Å². The van der Waals surface area contributed by atoms with Gasteiger partial charge in [-0.25, -0.2) is 9.97 Å². The number of hydrogen-bond acceptors (Lipinski definition) is 4.